The van der Waals surface area contributed by atoms with Gasteiger partial charge in [0.2, 0.25) is 0 Å². The molecule has 1 amide bonds. The van der Waals surface area contributed by atoms with Gasteiger partial charge in [0.05, 0.1) is 41.7 Å². The van der Waals surface area contributed by atoms with Crippen LogP contribution in [0.5, 0.6) is 0 Å². The van der Waals surface area contributed by atoms with Crippen molar-refractivity contribution in [1.82, 2.24) is 4.57 Å². The number of nitrogens with zero attached hydrogens (tertiary/aromatic N) is 3. The summed E-state index contributed by atoms with van der Waals surface area (Å²) in [6, 6.07) is 24.7. The summed E-state index contributed by atoms with van der Waals surface area (Å²) in [5, 5.41) is 0. The molecule has 3 heterocycles. The maximum atomic E-state index is 14.5. The Kier molecular flexibility index (Phi) is 8.19. The number of thiazole rings is 1. The van der Waals surface area contributed by atoms with Crippen molar-refractivity contribution >= 4 is 34.5 Å². The number of esters is 1. The highest BCUT2D eigenvalue weighted by Crippen LogP contribution is 2.37. The Bertz CT molecular complexity index is 1950. The topological polar surface area (TPSA) is 81.0 Å². The number of hydrogen-bond donors (Lipinski definition) is 0. The van der Waals surface area contributed by atoms with Crippen LogP contribution in [0.15, 0.2) is 99.9 Å². The molecule has 0 bridgehead atoms. The summed E-state index contributed by atoms with van der Waals surface area (Å²) in [6.07, 6.45) is 1.32. The Morgan fingerprint density at radius 3 is 2.34 bits per heavy atom. The highest BCUT2D eigenvalue weighted by atomic mass is 32.1. The molecule has 0 radical (unpaired) electrons. The average Bonchev–Trinajstić information content (AvgIpc) is 3.49. The number of allylic oxidation sites excluding steroid dienone is 1. The van der Waals surface area contributed by atoms with Crippen molar-refractivity contribution in [3.8, 4) is 0 Å². The molecular weight excluding hydrogens is 570 g/mol. The number of amides is 1. The van der Waals surface area contributed by atoms with E-state index in [0.717, 1.165) is 34.4 Å². The summed E-state index contributed by atoms with van der Waals surface area (Å²) in [5.41, 5.74) is 5.44. The number of carbonyl (C=O) groups is 2. The number of fused-ring (bicyclic) bond motifs is 2. The molecule has 0 saturated carbocycles. The van der Waals surface area contributed by atoms with Crippen LogP contribution in [0.4, 0.5) is 5.69 Å². The van der Waals surface area contributed by atoms with Crippen molar-refractivity contribution in [2.24, 2.45) is 4.99 Å². The van der Waals surface area contributed by atoms with Crippen LogP contribution in [0.25, 0.3) is 5.57 Å². The number of para-hydroxylation sites is 1. The standard InChI is InChI=1S/C36H35N3O4S/c1-5-12-27-30(35(42)43-6-2)31(25-19-17-24(18-20-25)22(3)4)39-34(41)32(44-36(39)37-27)29-26-15-10-11-16-28(26)38(33(29)40)21-23-13-8-7-9-14-23/h7-11,13-20,22,31H,5-6,12,21H2,1-4H3/b32-29-/t31-/m1/s1. The van der Waals surface area contributed by atoms with Gasteiger partial charge in [-0.15, -0.1) is 0 Å². The minimum absolute atomic E-state index is 0.206. The minimum Gasteiger partial charge on any atom is -0.463 e. The molecular formula is C36H35N3O4S. The number of aromatic nitrogens is 1. The van der Waals surface area contributed by atoms with Gasteiger partial charge in [0.25, 0.3) is 11.5 Å². The molecule has 0 aliphatic carbocycles. The molecule has 4 aromatic rings. The van der Waals surface area contributed by atoms with Gasteiger partial charge >= 0.3 is 5.97 Å². The van der Waals surface area contributed by atoms with Crippen LogP contribution < -0.4 is 19.8 Å². The molecule has 224 valence electrons. The molecule has 0 spiro atoms. The first-order valence-corrected chi connectivity index (χ1v) is 15.9. The Morgan fingerprint density at radius 2 is 1.66 bits per heavy atom. The van der Waals surface area contributed by atoms with Crippen molar-refractivity contribution in [3.63, 3.8) is 0 Å². The molecule has 3 aromatic carbocycles. The van der Waals surface area contributed by atoms with E-state index < -0.39 is 12.0 Å². The van der Waals surface area contributed by atoms with Crippen molar-refractivity contribution in [1.29, 1.82) is 0 Å². The lowest BCUT2D eigenvalue weighted by Gasteiger charge is -2.26. The van der Waals surface area contributed by atoms with E-state index in [0.29, 0.717) is 45.1 Å². The molecule has 44 heavy (non-hydrogen) atoms. The third-order valence-corrected chi connectivity index (χ3v) is 9.17. The lowest BCUT2D eigenvalue weighted by molar-refractivity contribution is -0.139. The number of anilines is 1. The third-order valence-electron chi connectivity index (χ3n) is 8.12. The third kappa shape index (κ3) is 5.13. The monoisotopic (exact) mass is 605 g/mol. The van der Waals surface area contributed by atoms with Crippen LogP contribution in [0.1, 0.15) is 74.8 Å². The Labute approximate surface area is 260 Å². The number of hydrogen-bond acceptors (Lipinski definition) is 6. The normalized spacial score (nSPS) is 17.1. The molecule has 2 aliphatic rings. The van der Waals surface area contributed by atoms with E-state index in [2.05, 4.69) is 13.8 Å². The molecule has 2 aliphatic heterocycles. The summed E-state index contributed by atoms with van der Waals surface area (Å²) in [6.45, 7) is 8.64. The van der Waals surface area contributed by atoms with Crippen LogP contribution in [0.2, 0.25) is 0 Å². The second-order valence-electron chi connectivity index (χ2n) is 11.3. The maximum absolute atomic E-state index is 14.5. The smallest absolute Gasteiger partial charge is 0.338 e. The van der Waals surface area contributed by atoms with E-state index in [1.165, 1.54) is 11.3 Å². The summed E-state index contributed by atoms with van der Waals surface area (Å²) >= 11 is 1.21. The maximum Gasteiger partial charge on any atom is 0.338 e. The predicted molar refractivity (Wildman–Crippen MR) is 173 cm³/mol. The summed E-state index contributed by atoms with van der Waals surface area (Å²) in [7, 11) is 0. The van der Waals surface area contributed by atoms with Gasteiger partial charge in [-0.2, -0.15) is 0 Å². The second-order valence-corrected chi connectivity index (χ2v) is 12.3. The molecule has 7 nitrogen and oxygen atoms in total. The zero-order valence-electron chi connectivity index (χ0n) is 25.4. The van der Waals surface area contributed by atoms with Crippen LogP contribution in [-0.4, -0.2) is 23.1 Å². The summed E-state index contributed by atoms with van der Waals surface area (Å²) in [5.74, 6) is -0.376. The SMILES string of the molecule is CCCC1=C(C(=O)OCC)[C@@H](c2ccc(C(C)C)cc2)n2c(s/c(=C3\C(=O)N(Cc4ccccc4)c4ccccc43)c2=O)=N1. The van der Waals surface area contributed by atoms with Crippen LogP contribution in [-0.2, 0) is 20.9 Å². The van der Waals surface area contributed by atoms with Gasteiger partial charge in [0, 0.05) is 5.56 Å². The van der Waals surface area contributed by atoms with E-state index in [1.807, 2.05) is 85.8 Å². The van der Waals surface area contributed by atoms with Gasteiger partial charge < -0.3 is 9.64 Å². The molecule has 6 rings (SSSR count). The molecule has 8 heteroatoms. The van der Waals surface area contributed by atoms with Crippen LogP contribution in [0.3, 0.4) is 0 Å². The van der Waals surface area contributed by atoms with Gasteiger partial charge in [-0.3, -0.25) is 14.2 Å². The Morgan fingerprint density at radius 1 is 0.955 bits per heavy atom. The van der Waals surface area contributed by atoms with Crippen LogP contribution in [0, 0.1) is 0 Å². The van der Waals surface area contributed by atoms with Gasteiger partial charge in [0.1, 0.15) is 4.53 Å². The second kappa shape index (κ2) is 12.2. The largest absolute Gasteiger partial charge is 0.463 e. The van der Waals surface area contributed by atoms with Gasteiger partial charge in [-0.1, -0.05) is 111 Å². The van der Waals surface area contributed by atoms with Crippen molar-refractivity contribution in [2.75, 3.05) is 11.5 Å². The van der Waals surface area contributed by atoms with Crippen molar-refractivity contribution in [2.45, 2.75) is 59.0 Å². The molecule has 1 aromatic heterocycles. The van der Waals surface area contributed by atoms with Gasteiger partial charge in [-0.25, -0.2) is 9.79 Å². The Hall–Kier alpha value is -4.56. The van der Waals surface area contributed by atoms with E-state index in [4.69, 9.17) is 9.73 Å². The first kappa shape index (κ1) is 29.5. The fourth-order valence-corrected chi connectivity index (χ4v) is 7.08. The zero-order chi connectivity index (χ0) is 31.0. The molecule has 1 atom stereocenters. The van der Waals surface area contributed by atoms with E-state index in [-0.39, 0.29) is 18.1 Å². The summed E-state index contributed by atoms with van der Waals surface area (Å²) < 4.78 is 7.44. The first-order chi connectivity index (χ1) is 21.3. The zero-order valence-corrected chi connectivity index (χ0v) is 26.2. The van der Waals surface area contributed by atoms with Crippen molar-refractivity contribution in [3.05, 3.63) is 132 Å². The number of rotatable bonds is 8. The molecule has 0 unspecified atom stereocenters. The predicted octanol–water partition coefficient (Wildman–Crippen LogP) is 5.62. The fourth-order valence-electron chi connectivity index (χ4n) is 5.97. The average molecular weight is 606 g/mol. The fraction of sp³-hybridized carbons (Fsp3) is 0.278. The Balaban J connectivity index is 1.59. The van der Waals surface area contributed by atoms with E-state index >= 15 is 0 Å². The molecule has 0 saturated heterocycles. The van der Waals surface area contributed by atoms with E-state index in [9.17, 15) is 14.4 Å². The minimum atomic E-state index is -0.727. The quantitative estimate of drug-likeness (QED) is 0.244. The molecule has 0 fully saturated rings. The highest BCUT2D eigenvalue weighted by Gasteiger charge is 2.37. The van der Waals surface area contributed by atoms with Crippen molar-refractivity contribution < 1.29 is 14.3 Å². The van der Waals surface area contributed by atoms with Gasteiger partial charge in [-0.05, 0) is 42.0 Å². The first-order valence-electron chi connectivity index (χ1n) is 15.1. The van der Waals surface area contributed by atoms with E-state index in [1.54, 1.807) is 16.4 Å². The number of carbonyl (C=O) groups excluding carboxylic acids is 2. The van der Waals surface area contributed by atoms with Gasteiger partial charge in [0.15, 0.2) is 4.80 Å². The highest BCUT2D eigenvalue weighted by molar-refractivity contribution is 7.07. The van der Waals surface area contributed by atoms with Crippen LogP contribution >= 0.6 is 11.3 Å². The lowest BCUT2D eigenvalue weighted by Crippen LogP contribution is -2.41. The molecule has 0 N–H and O–H groups in total. The number of ether oxygens (including phenoxy) is 1. The lowest BCUT2D eigenvalue weighted by atomic mass is 9.92. The summed E-state index contributed by atoms with van der Waals surface area (Å²) in [4.78, 5) is 49.3. The number of benzene rings is 3.